The van der Waals surface area contributed by atoms with Crippen LogP contribution in [-0.4, -0.2) is 35.8 Å². The van der Waals surface area contributed by atoms with Gasteiger partial charge >= 0.3 is 6.01 Å². The highest BCUT2D eigenvalue weighted by Crippen LogP contribution is 2.16. The van der Waals surface area contributed by atoms with Crippen LogP contribution in [0.15, 0.2) is 6.07 Å². The molecule has 1 N–H and O–H groups in total. The zero-order chi connectivity index (χ0) is 13.0. The van der Waals surface area contributed by atoms with E-state index in [1.54, 1.807) is 0 Å². The Labute approximate surface area is 108 Å². The van der Waals surface area contributed by atoms with Crippen molar-refractivity contribution in [3.05, 3.63) is 11.8 Å². The van der Waals surface area contributed by atoms with Crippen LogP contribution in [0, 0.1) is 12.8 Å². The Balaban J connectivity index is 1.96. The molecule has 1 aromatic rings. The van der Waals surface area contributed by atoms with E-state index in [0.717, 1.165) is 25.2 Å². The Morgan fingerprint density at radius 2 is 2.28 bits per heavy atom. The van der Waals surface area contributed by atoms with Crippen molar-refractivity contribution in [1.82, 2.24) is 15.3 Å². The van der Waals surface area contributed by atoms with Gasteiger partial charge in [0.05, 0.1) is 12.7 Å². The fourth-order valence-corrected chi connectivity index (χ4v) is 1.93. The smallest absolute Gasteiger partial charge is 0.319 e. The summed E-state index contributed by atoms with van der Waals surface area (Å²) >= 11 is 0. The lowest BCUT2D eigenvalue weighted by molar-refractivity contribution is 0.213. The average Bonchev–Trinajstić information content (AvgIpc) is 2.77. The molecule has 1 unspecified atom stereocenters. The highest BCUT2D eigenvalue weighted by molar-refractivity contribution is 5.17. The van der Waals surface area contributed by atoms with Gasteiger partial charge in [0.2, 0.25) is 5.88 Å². The summed E-state index contributed by atoms with van der Waals surface area (Å²) in [6.45, 7) is 8.62. The van der Waals surface area contributed by atoms with Crippen LogP contribution < -0.4 is 14.8 Å². The van der Waals surface area contributed by atoms with Gasteiger partial charge in [0, 0.05) is 24.2 Å². The van der Waals surface area contributed by atoms with Crippen LogP contribution in [0.25, 0.3) is 0 Å². The number of hydrogen-bond acceptors (Lipinski definition) is 5. The molecule has 0 spiro atoms. The lowest BCUT2D eigenvalue weighted by Crippen LogP contribution is -2.17. The van der Waals surface area contributed by atoms with Crippen LogP contribution in [0.5, 0.6) is 11.9 Å². The standard InChI is InChI=1S/C13H21N3O2/c1-9(2)18-12-6-10(3)15-13(16-12)17-8-11-4-5-14-7-11/h6,9,11,14H,4-5,7-8H2,1-3H3. The molecular weight excluding hydrogens is 230 g/mol. The Morgan fingerprint density at radius 1 is 1.44 bits per heavy atom. The molecule has 0 aliphatic carbocycles. The van der Waals surface area contributed by atoms with Crippen molar-refractivity contribution in [2.24, 2.45) is 5.92 Å². The highest BCUT2D eigenvalue weighted by Gasteiger charge is 2.16. The first-order valence-corrected chi connectivity index (χ1v) is 6.49. The van der Waals surface area contributed by atoms with Gasteiger partial charge in [0.25, 0.3) is 0 Å². The van der Waals surface area contributed by atoms with Crippen LogP contribution in [0.2, 0.25) is 0 Å². The van der Waals surface area contributed by atoms with Gasteiger partial charge in [-0.2, -0.15) is 4.98 Å². The maximum Gasteiger partial charge on any atom is 0.319 e. The Hall–Kier alpha value is -1.36. The van der Waals surface area contributed by atoms with Crippen molar-refractivity contribution in [3.63, 3.8) is 0 Å². The third kappa shape index (κ3) is 3.84. The summed E-state index contributed by atoms with van der Waals surface area (Å²) in [5.41, 5.74) is 0.861. The molecule has 1 atom stereocenters. The molecule has 0 aromatic carbocycles. The first-order valence-electron chi connectivity index (χ1n) is 6.49. The minimum atomic E-state index is 0.103. The molecule has 1 fully saturated rings. The molecule has 0 amide bonds. The lowest BCUT2D eigenvalue weighted by Gasteiger charge is -2.12. The molecule has 100 valence electrons. The number of ether oxygens (including phenoxy) is 2. The molecule has 2 heterocycles. The molecule has 1 saturated heterocycles. The van der Waals surface area contributed by atoms with E-state index >= 15 is 0 Å². The fourth-order valence-electron chi connectivity index (χ4n) is 1.93. The van der Waals surface area contributed by atoms with E-state index in [2.05, 4.69) is 15.3 Å². The minimum absolute atomic E-state index is 0.103. The van der Waals surface area contributed by atoms with Crippen LogP contribution in [0.1, 0.15) is 26.0 Å². The lowest BCUT2D eigenvalue weighted by atomic mass is 10.1. The van der Waals surface area contributed by atoms with Crippen molar-refractivity contribution in [1.29, 1.82) is 0 Å². The number of nitrogens with one attached hydrogen (secondary N) is 1. The molecule has 5 nitrogen and oxygen atoms in total. The van der Waals surface area contributed by atoms with Crippen LogP contribution >= 0.6 is 0 Å². The monoisotopic (exact) mass is 251 g/mol. The van der Waals surface area contributed by atoms with Gasteiger partial charge in [0.1, 0.15) is 0 Å². The number of nitrogens with zero attached hydrogens (tertiary/aromatic N) is 2. The summed E-state index contributed by atoms with van der Waals surface area (Å²) in [6, 6.07) is 2.24. The van der Waals surface area contributed by atoms with Crippen LogP contribution in [0.3, 0.4) is 0 Å². The van der Waals surface area contributed by atoms with Crippen LogP contribution in [0.4, 0.5) is 0 Å². The van der Waals surface area contributed by atoms with Gasteiger partial charge in [-0.15, -0.1) is 0 Å². The summed E-state index contributed by atoms with van der Waals surface area (Å²) < 4.78 is 11.2. The zero-order valence-corrected chi connectivity index (χ0v) is 11.3. The molecule has 5 heteroatoms. The van der Waals surface area contributed by atoms with E-state index in [9.17, 15) is 0 Å². The van der Waals surface area contributed by atoms with E-state index in [1.807, 2.05) is 26.8 Å². The van der Waals surface area contributed by atoms with E-state index < -0.39 is 0 Å². The first-order chi connectivity index (χ1) is 8.63. The van der Waals surface area contributed by atoms with Crippen molar-refractivity contribution in [2.45, 2.75) is 33.3 Å². The first kappa shape index (κ1) is 13.1. The molecule has 1 aliphatic heterocycles. The molecule has 1 aromatic heterocycles. The number of hydrogen-bond donors (Lipinski definition) is 1. The topological polar surface area (TPSA) is 56.3 Å². The summed E-state index contributed by atoms with van der Waals surface area (Å²) in [5.74, 6) is 1.14. The van der Waals surface area contributed by atoms with E-state index in [1.165, 1.54) is 0 Å². The zero-order valence-electron chi connectivity index (χ0n) is 11.3. The summed E-state index contributed by atoms with van der Waals surface area (Å²) in [7, 11) is 0. The maximum absolute atomic E-state index is 5.65. The van der Waals surface area contributed by atoms with Crippen LogP contribution in [-0.2, 0) is 0 Å². The Morgan fingerprint density at radius 3 is 2.94 bits per heavy atom. The number of rotatable bonds is 5. The second-order valence-electron chi connectivity index (χ2n) is 4.97. The van der Waals surface area contributed by atoms with Gasteiger partial charge in [-0.25, -0.2) is 4.98 Å². The predicted octanol–water partition coefficient (Wildman–Crippen LogP) is 1.56. The third-order valence-corrected chi connectivity index (χ3v) is 2.78. The van der Waals surface area contributed by atoms with Gasteiger partial charge in [-0.3, -0.25) is 0 Å². The van der Waals surface area contributed by atoms with E-state index in [0.29, 0.717) is 24.4 Å². The van der Waals surface area contributed by atoms with Gasteiger partial charge in [-0.1, -0.05) is 0 Å². The summed E-state index contributed by atoms with van der Waals surface area (Å²) in [5, 5.41) is 3.31. The highest BCUT2D eigenvalue weighted by atomic mass is 16.5. The van der Waals surface area contributed by atoms with E-state index in [4.69, 9.17) is 9.47 Å². The van der Waals surface area contributed by atoms with Crippen molar-refractivity contribution < 1.29 is 9.47 Å². The molecule has 0 radical (unpaired) electrons. The van der Waals surface area contributed by atoms with E-state index in [-0.39, 0.29) is 6.10 Å². The summed E-state index contributed by atoms with van der Waals surface area (Å²) in [6.07, 6.45) is 1.26. The molecule has 2 rings (SSSR count). The van der Waals surface area contributed by atoms with Crippen molar-refractivity contribution >= 4 is 0 Å². The third-order valence-electron chi connectivity index (χ3n) is 2.78. The van der Waals surface area contributed by atoms with Gasteiger partial charge < -0.3 is 14.8 Å². The minimum Gasteiger partial charge on any atom is -0.475 e. The second-order valence-corrected chi connectivity index (χ2v) is 4.97. The number of aryl methyl sites for hydroxylation is 1. The maximum atomic E-state index is 5.65. The van der Waals surface area contributed by atoms with Gasteiger partial charge in [0.15, 0.2) is 0 Å². The van der Waals surface area contributed by atoms with Gasteiger partial charge in [-0.05, 0) is 33.7 Å². The van der Waals surface area contributed by atoms with Crippen molar-refractivity contribution in [3.8, 4) is 11.9 Å². The quantitative estimate of drug-likeness (QED) is 0.860. The molecule has 0 saturated carbocycles. The SMILES string of the molecule is Cc1cc(OC(C)C)nc(OCC2CCNC2)n1. The molecule has 0 bridgehead atoms. The Bertz CT molecular complexity index is 390. The summed E-state index contributed by atoms with van der Waals surface area (Å²) in [4.78, 5) is 8.53. The normalized spacial score (nSPS) is 19.2. The van der Waals surface area contributed by atoms with Crippen molar-refractivity contribution in [2.75, 3.05) is 19.7 Å². The average molecular weight is 251 g/mol. The molecular formula is C13H21N3O2. The second kappa shape index (κ2) is 6.00. The largest absolute Gasteiger partial charge is 0.475 e. The predicted molar refractivity (Wildman–Crippen MR) is 69.0 cm³/mol. The molecule has 18 heavy (non-hydrogen) atoms. The Kier molecular flexibility index (Phi) is 4.36. The molecule has 1 aliphatic rings. The number of aromatic nitrogens is 2. The fraction of sp³-hybridized carbons (Fsp3) is 0.692.